The number of aromatic nitrogens is 1. The minimum Gasteiger partial charge on any atom is -0.444 e. The second-order valence-corrected chi connectivity index (χ2v) is 7.80. The van der Waals surface area contributed by atoms with Gasteiger partial charge in [-0.1, -0.05) is 42.1 Å². The highest BCUT2D eigenvalue weighted by atomic mass is 32.2. The van der Waals surface area contributed by atoms with Crippen LogP contribution in [0.3, 0.4) is 0 Å². The highest BCUT2D eigenvalue weighted by Gasteiger charge is 2.29. The third kappa shape index (κ3) is 5.32. The van der Waals surface area contributed by atoms with Crippen molar-refractivity contribution in [1.29, 1.82) is 0 Å². The van der Waals surface area contributed by atoms with Crippen molar-refractivity contribution in [2.75, 3.05) is 17.6 Å². The van der Waals surface area contributed by atoms with Gasteiger partial charge in [0.1, 0.15) is 6.26 Å². The van der Waals surface area contributed by atoms with Gasteiger partial charge in [0.25, 0.3) is 5.24 Å². The van der Waals surface area contributed by atoms with E-state index in [0.717, 1.165) is 28.6 Å². The Morgan fingerprint density at radius 3 is 2.58 bits per heavy atom. The summed E-state index contributed by atoms with van der Waals surface area (Å²) in [6.07, 6.45) is 2.13. The van der Waals surface area contributed by atoms with E-state index in [1.54, 1.807) is 30.5 Å². The molecule has 4 rings (SSSR count). The van der Waals surface area contributed by atoms with E-state index in [0.29, 0.717) is 24.5 Å². The summed E-state index contributed by atoms with van der Waals surface area (Å²) < 4.78 is 5.49. The number of thioether (sulfide) groups is 1. The molecule has 158 valence electrons. The maximum atomic E-state index is 12.1. The summed E-state index contributed by atoms with van der Waals surface area (Å²) >= 11 is 1.01. The summed E-state index contributed by atoms with van der Waals surface area (Å²) in [5.74, 6) is 0.566. The number of amides is 4. The monoisotopic (exact) mass is 436 g/mol. The summed E-state index contributed by atoms with van der Waals surface area (Å²) in [5.41, 5.74) is 3.09. The fourth-order valence-corrected chi connectivity index (χ4v) is 3.75. The van der Waals surface area contributed by atoms with Crippen LogP contribution in [0.25, 0.3) is 11.5 Å². The van der Waals surface area contributed by atoms with Crippen LogP contribution in [-0.4, -0.2) is 39.4 Å². The van der Waals surface area contributed by atoms with Crippen molar-refractivity contribution >= 4 is 34.6 Å². The number of anilines is 1. The Morgan fingerprint density at radius 1 is 1.10 bits per heavy atom. The Balaban J connectivity index is 1.22. The Labute approximate surface area is 183 Å². The van der Waals surface area contributed by atoms with Crippen molar-refractivity contribution in [2.45, 2.75) is 13.0 Å². The number of nitrogens with one attached hydrogen (secondary N) is 2. The van der Waals surface area contributed by atoms with Gasteiger partial charge in [0.15, 0.2) is 0 Å². The number of carbonyl (C=O) groups is 3. The summed E-state index contributed by atoms with van der Waals surface area (Å²) in [6, 6.07) is 16.3. The molecule has 8 nitrogen and oxygen atoms in total. The molecule has 31 heavy (non-hydrogen) atoms. The van der Waals surface area contributed by atoms with Crippen molar-refractivity contribution < 1.29 is 18.8 Å². The van der Waals surface area contributed by atoms with Crippen molar-refractivity contribution in [3.05, 3.63) is 72.1 Å². The fraction of sp³-hybridized carbons (Fsp3) is 0.182. The molecular weight excluding hydrogens is 416 g/mol. The molecule has 2 aromatic carbocycles. The number of benzene rings is 2. The first kappa shape index (κ1) is 20.7. The van der Waals surface area contributed by atoms with Crippen molar-refractivity contribution in [3.63, 3.8) is 0 Å². The van der Waals surface area contributed by atoms with Crippen molar-refractivity contribution in [2.24, 2.45) is 0 Å². The number of carbonyl (C=O) groups excluding carboxylic acids is 3. The van der Waals surface area contributed by atoms with E-state index < -0.39 is 0 Å². The lowest BCUT2D eigenvalue weighted by atomic mass is 10.2. The van der Waals surface area contributed by atoms with E-state index in [2.05, 4.69) is 15.6 Å². The predicted molar refractivity (Wildman–Crippen MR) is 118 cm³/mol. The van der Waals surface area contributed by atoms with Gasteiger partial charge in [0.2, 0.25) is 11.8 Å². The van der Waals surface area contributed by atoms with Crippen molar-refractivity contribution in [1.82, 2.24) is 15.2 Å². The molecule has 0 radical (unpaired) electrons. The van der Waals surface area contributed by atoms with Crippen LogP contribution in [0.2, 0.25) is 0 Å². The van der Waals surface area contributed by atoms with E-state index in [9.17, 15) is 14.4 Å². The van der Waals surface area contributed by atoms with Gasteiger partial charge in [-0.05, 0) is 29.8 Å². The topological polar surface area (TPSA) is 105 Å². The van der Waals surface area contributed by atoms with Gasteiger partial charge in [-0.2, -0.15) is 0 Å². The van der Waals surface area contributed by atoms with Gasteiger partial charge < -0.3 is 15.1 Å². The molecule has 1 aromatic heterocycles. The smallest absolute Gasteiger partial charge is 0.319 e. The molecule has 0 bridgehead atoms. The number of urea groups is 1. The maximum absolute atomic E-state index is 12.1. The quantitative estimate of drug-likeness (QED) is 0.582. The highest BCUT2D eigenvalue weighted by molar-refractivity contribution is 8.14. The Morgan fingerprint density at radius 2 is 1.87 bits per heavy atom. The number of oxazole rings is 1. The Bertz CT molecular complexity index is 1070. The molecule has 0 aliphatic carbocycles. The van der Waals surface area contributed by atoms with Crippen molar-refractivity contribution in [3.8, 4) is 11.5 Å². The number of nitrogens with zero attached hydrogens (tertiary/aromatic N) is 2. The lowest BCUT2D eigenvalue weighted by molar-refractivity contribution is -0.125. The molecule has 0 saturated carbocycles. The molecule has 1 aliphatic heterocycles. The number of imide groups is 1. The average molecular weight is 436 g/mol. The summed E-state index contributed by atoms with van der Waals surface area (Å²) in [7, 11) is 0. The third-order valence-corrected chi connectivity index (χ3v) is 5.49. The first-order chi connectivity index (χ1) is 15.1. The van der Waals surface area contributed by atoms with Crippen LogP contribution in [0.15, 0.2) is 65.3 Å². The number of hydrogen-bond donors (Lipinski definition) is 2. The minimum atomic E-state index is -0.333. The van der Waals surface area contributed by atoms with E-state index in [4.69, 9.17) is 4.42 Å². The molecule has 2 N–H and O–H groups in total. The lowest BCUT2D eigenvalue weighted by Crippen LogP contribution is -2.30. The molecule has 0 spiro atoms. The molecule has 0 atom stereocenters. The highest BCUT2D eigenvalue weighted by Crippen LogP contribution is 2.22. The largest absolute Gasteiger partial charge is 0.444 e. The van der Waals surface area contributed by atoms with Crippen LogP contribution in [0.5, 0.6) is 0 Å². The van der Waals surface area contributed by atoms with Gasteiger partial charge in [-0.25, -0.2) is 9.78 Å². The van der Waals surface area contributed by atoms with Crippen LogP contribution in [0.4, 0.5) is 15.3 Å². The van der Waals surface area contributed by atoms with Gasteiger partial charge in [0.05, 0.1) is 18.0 Å². The second kappa shape index (κ2) is 9.48. The summed E-state index contributed by atoms with van der Waals surface area (Å²) in [4.78, 5) is 41.1. The molecule has 1 aliphatic rings. The van der Waals surface area contributed by atoms with Crippen LogP contribution in [-0.2, 0) is 17.8 Å². The zero-order chi connectivity index (χ0) is 21.6. The van der Waals surface area contributed by atoms with Gasteiger partial charge in [0, 0.05) is 24.2 Å². The fourth-order valence-electron chi connectivity index (χ4n) is 3.02. The van der Waals surface area contributed by atoms with E-state index in [-0.39, 0.29) is 29.5 Å². The molecular formula is C22H20N4O4S. The normalized spacial score (nSPS) is 13.5. The predicted octanol–water partition coefficient (Wildman–Crippen LogP) is 3.90. The zero-order valence-corrected chi connectivity index (χ0v) is 17.4. The molecule has 2 heterocycles. The number of rotatable bonds is 7. The third-order valence-electron chi connectivity index (χ3n) is 4.63. The lowest BCUT2D eigenvalue weighted by Gasteiger charge is -2.13. The molecule has 1 fully saturated rings. The molecule has 4 amide bonds. The molecule has 0 unspecified atom stereocenters. The minimum absolute atomic E-state index is 0.181. The van der Waals surface area contributed by atoms with Crippen LogP contribution < -0.4 is 10.6 Å². The second-order valence-electron chi connectivity index (χ2n) is 6.87. The van der Waals surface area contributed by atoms with Crippen LogP contribution in [0, 0.1) is 0 Å². The van der Waals surface area contributed by atoms with E-state index in [1.165, 1.54) is 4.90 Å². The summed E-state index contributed by atoms with van der Waals surface area (Å²) in [5, 5.41) is 5.31. The first-order valence-corrected chi connectivity index (χ1v) is 10.7. The van der Waals surface area contributed by atoms with Crippen LogP contribution >= 0.6 is 11.8 Å². The Kier molecular flexibility index (Phi) is 6.32. The number of hydrogen-bond acceptors (Lipinski definition) is 6. The first-order valence-electron chi connectivity index (χ1n) is 9.69. The molecule has 3 aromatic rings. The van der Waals surface area contributed by atoms with E-state index >= 15 is 0 Å². The van der Waals surface area contributed by atoms with Crippen LogP contribution in [0.1, 0.15) is 11.3 Å². The Hall–Kier alpha value is -3.59. The standard InChI is InChI=1S/C22H20N4O4S/c27-19-14-31-22(29)26(19)12-15-6-8-17(9-7-15)25-21(28)23-11-10-18-13-30-20(24-18)16-4-2-1-3-5-16/h1-9,13H,10-12,14H2,(H2,23,25,28). The van der Waals surface area contributed by atoms with Gasteiger partial charge in [-0.3, -0.25) is 14.5 Å². The SMILES string of the molecule is O=C(NCCc1coc(-c2ccccc2)n1)Nc1ccc(CN2C(=O)CSC2=O)cc1. The average Bonchev–Trinajstić information content (AvgIpc) is 3.38. The molecule has 1 saturated heterocycles. The summed E-state index contributed by atoms with van der Waals surface area (Å²) in [6.45, 7) is 0.640. The van der Waals surface area contributed by atoms with Gasteiger partial charge >= 0.3 is 6.03 Å². The zero-order valence-electron chi connectivity index (χ0n) is 16.5. The van der Waals surface area contributed by atoms with E-state index in [1.807, 2.05) is 30.3 Å². The van der Waals surface area contributed by atoms with Gasteiger partial charge in [-0.15, -0.1) is 0 Å². The maximum Gasteiger partial charge on any atom is 0.319 e. The molecule has 9 heteroatoms.